The molecule has 18 heavy (non-hydrogen) atoms. The van der Waals surface area contributed by atoms with E-state index < -0.39 is 0 Å². The van der Waals surface area contributed by atoms with E-state index in [4.69, 9.17) is 0 Å². The highest BCUT2D eigenvalue weighted by Crippen LogP contribution is 2.09. The maximum atomic E-state index is 13.2. The first-order valence-electron chi connectivity index (χ1n) is 5.94. The van der Waals surface area contributed by atoms with Crippen LogP contribution in [0.15, 0.2) is 66.9 Å². The van der Waals surface area contributed by atoms with Gasteiger partial charge in [-0.15, -0.1) is 0 Å². The topological polar surface area (TPSA) is 3.88 Å². The Morgan fingerprint density at radius 3 is 2.61 bits per heavy atom. The van der Waals surface area contributed by atoms with Crippen LogP contribution in [0.2, 0.25) is 0 Å². The van der Waals surface area contributed by atoms with Gasteiger partial charge in [0, 0.05) is 23.1 Å². The molecule has 0 N–H and O–H groups in total. The molecule has 3 rings (SSSR count). The summed E-state index contributed by atoms with van der Waals surface area (Å²) in [7, 11) is 0. The molecule has 1 heterocycles. The lowest BCUT2D eigenvalue weighted by Gasteiger charge is -2.01. The van der Waals surface area contributed by atoms with Gasteiger partial charge >= 0.3 is 0 Å². The molecule has 0 fully saturated rings. The minimum atomic E-state index is -0.187. The molecule has 0 aliphatic heterocycles. The Balaban J connectivity index is 2.05. The Hall–Kier alpha value is -2.22. The minimum Gasteiger partial charge on any atom is -0.207 e. The van der Waals surface area contributed by atoms with E-state index in [1.54, 1.807) is 12.1 Å². The summed E-state index contributed by atoms with van der Waals surface area (Å²) < 4.78 is 15.3. The van der Waals surface area contributed by atoms with Crippen LogP contribution in [-0.2, 0) is 6.54 Å². The lowest BCUT2D eigenvalue weighted by atomic mass is 10.2. The molecule has 0 radical (unpaired) electrons. The number of hydrogen-bond donors (Lipinski definition) is 0. The second-order valence-electron chi connectivity index (χ2n) is 4.32. The fourth-order valence-corrected chi connectivity index (χ4v) is 2.19. The van der Waals surface area contributed by atoms with Crippen molar-refractivity contribution < 1.29 is 8.96 Å². The number of aromatic nitrogens is 1. The molecule has 0 aliphatic rings. The summed E-state index contributed by atoms with van der Waals surface area (Å²) in [6, 6.07) is 19.0. The highest BCUT2D eigenvalue weighted by molar-refractivity contribution is 5.74. The van der Waals surface area contributed by atoms with Gasteiger partial charge in [-0.25, -0.2) is 4.39 Å². The summed E-state index contributed by atoms with van der Waals surface area (Å²) >= 11 is 0. The van der Waals surface area contributed by atoms with E-state index in [9.17, 15) is 4.39 Å². The zero-order valence-corrected chi connectivity index (χ0v) is 9.88. The third-order valence-corrected chi connectivity index (χ3v) is 3.03. The van der Waals surface area contributed by atoms with Crippen LogP contribution in [-0.4, -0.2) is 0 Å². The lowest BCUT2D eigenvalue weighted by molar-refractivity contribution is -0.662. The Labute approximate surface area is 105 Å². The second kappa shape index (κ2) is 4.57. The molecule has 3 aromatic rings. The molecule has 0 unspecified atom stereocenters. The number of halogens is 1. The van der Waals surface area contributed by atoms with Crippen molar-refractivity contribution >= 4 is 10.9 Å². The number of hydrogen-bond acceptors (Lipinski definition) is 0. The largest absolute Gasteiger partial charge is 0.212 e. The highest BCUT2D eigenvalue weighted by atomic mass is 19.1. The van der Waals surface area contributed by atoms with E-state index in [1.807, 2.05) is 30.5 Å². The van der Waals surface area contributed by atoms with E-state index in [-0.39, 0.29) is 5.82 Å². The van der Waals surface area contributed by atoms with Crippen molar-refractivity contribution in [2.24, 2.45) is 0 Å². The molecule has 0 bridgehead atoms. The molecule has 88 valence electrons. The van der Waals surface area contributed by atoms with Gasteiger partial charge in [0.1, 0.15) is 5.82 Å². The quantitative estimate of drug-likeness (QED) is 0.603. The van der Waals surface area contributed by atoms with Crippen LogP contribution in [0.1, 0.15) is 5.56 Å². The van der Waals surface area contributed by atoms with Gasteiger partial charge in [0.25, 0.3) is 0 Å². The van der Waals surface area contributed by atoms with Crippen LogP contribution in [0.5, 0.6) is 0 Å². The van der Waals surface area contributed by atoms with Crippen molar-refractivity contribution in [2.45, 2.75) is 6.54 Å². The molecule has 0 spiro atoms. The fraction of sp³-hybridized carbons (Fsp3) is 0.0625. The zero-order chi connectivity index (χ0) is 12.4. The molecule has 2 aromatic carbocycles. The first-order valence-corrected chi connectivity index (χ1v) is 5.94. The number of pyridine rings is 1. The van der Waals surface area contributed by atoms with Gasteiger partial charge in [0.05, 0.1) is 0 Å². The third kappa shape index (κ3) is 2.09. The summed E-state index contributed by atoms with van der Waals surface area (Å²) in [6.07, 6.45) is 2.02. The maximum absolute atomic E-state index is 13.2. The normalized spacial score (nSPS) is 10.7. The van der Waals surface area contributed by atoms with E-state index in [1.165, 1.54) is 11.5 Å². The van der Waals surface area contributed by atoms with Crippen molar-refractivity contribution in [2.75, 3.05) is 0 Å². The van der Waals surface area contributed by atoms with Crippen LogP contribution in [0.4, 0.5) is 4.39 Å². The molecule has 0 amide bonds. The van der Waals surface area contributed by atoms with Crippen molar-refractivity contribution in [1.29, 1.82) is 0 Å². The minimum absolute atomic E-state index is 0.187. The molecular weight excluding hydrogens is 225 g/mol. The van der Waals surface area contributed by atoms with Gasteiger partial charge in [-0.1, -0.05) is 24.3 Å². The van der Waals surface area contributed by atoms with Crippen molar-refractivity contribution in [3.05, 3.63) is 78.2 Å². The molecule has 2 heteroatoms. The molecule has 0 aliphatic carbocycles. The Morgan fingerprint density at radius 1 is 0.889 bits per heavy atom. The zero-order valence-electron chi connectivity index (χ0n) is 9.88. The third-order valence-electron chi connectivity index (χ3n) is 3.03. The van der Waals surface area contributed by atoms with Gasteiger partial charge < -0.3 is 0 Å². The summed E-state index contributed by atoms with van der Waals surface area (Å²) in [5.41, 5.74) is 2.13. The SMILES string of the molecule is Fc1cccc(C[n+]2cccc3ccccc32)c1. The maximum Gasteiger partial charge on any atom is 0.212 e. The van der Waals surface area contributed by atoms with Crippen LogP contribution < -0.4 is 4.57 Å². The highest BCUT2D eigenvalue weighted by Gasteiger charge is 2.08. The van der Waals surface area contributed by atoms with Crippen LogP contribution in [0, 0.1) is 5.82 Å². The van der Waals surface area contributed by atoms with Gasteiger partial charge in [0.2, 0.25) is 5.52 Å². The second-order valence-corrected chi connectivity index (χ2v) is 4.32. The molecule has 1 nitrogen and oxygen atoms in total. The fourth-order valence-electron chi connectivity index (χ4n) is 2.19. The summed E-state index contributed by atoms with van der Waals surface area (Å²) in [6.45, 7) is 0.680. The van der Waals surface area contributed by atoms with Crippen LogP contribution in [0.3, 0.4) is 0 Å². The standard InChI is InChI=1S/C16H13FN/c17-15-8-3-5-13(11-15)12-18-10-4-7-14-6-1-2-9-16(14)18/h1-11H,12H2/q+1. The number of fused-ring (bicyclic) bond motifs is 1. The summed E-state index contributed by atoms with van der Waals surface area (Å²) in [5, 5.41) is 1.19. The number of rotatable bonds is 2. The predicted molar refractivity (Wildman–Crippen MR) is 69.6 cm³/mol. The van der Waals surface area contributed by atoms with Crippen LogP contribution in [0.25, 0.3) is 10.9 Å². The molecule has 0 atom stereocenters. The Kier molecular flexibility index (Phi) is 2.77. The Morgan fingerprint density at radius 2 is 1.72 bits per heavy atom. The average molecular weight is 238 g/mol. The van der Waals surface area contributed by atoms with E-state index in [2.05, 4.69) is 22.8 Å². The number of nitrogens with zero attached hydrogens (tertiary/aromatic N) is 1. The molecule has 0 saturated carbocycles. The van der Waals surface area contributed by atoms with Gasteiger partial charge in [-0.3, -0.25) is 0 Å². The monoisotopic (exact) mass is 238 g/mol. The van der Waals surface area contributed by atoms with Gasteiger partial charge in [-0.05, 0) is 24.3 Å². The van der Waals surface area contributed by atoms with Gasteiger partial charge in [0.15, 0.2) is 12.7 Å². The molecule has 1 aromatic heterocycles. The first-order chi connectivity index (χ1) is 8.83. The number of benzene rings is 2. The Bertz CT molecular complexity index is 686. The van der Waals surface area contributed by atoms with E-state index >= 15 is 0 Å². The molecule has 0 saturated heterocycles. The van der Waals surface area contributed by atoms with E-state index in [0.29, 0.717) is 6.54 Å². The van der Waals surface area contributed by atoms with Crippen molar-refractivity contribution in [1.82, 2.24) is 0 Å². The molecular formula is C16H13FN+. The summed E-state index contributed by atoms with van der Waals surface area (Å²) in [4.78, 5) is 0. The predicted octanol–water partition coefficient (Wildman–Crippen LogP) is 3.31. The summed E-state index contributed by atoms with van der Waals surface area (Å²) in [5.74, 6) is -0.187. The average Bonchev–Trinajstić information content (AvgIpc) is 2.39. The van der Waals surface area contributed by atoms with Crippen molar-refractivity contribution in [3.63, 3.8) is 0 Å². The van der Waals surface area contributed by atoms with Crippen molar-refractivity contribution in [3.8, 4) is 0 Å². The van der Waals surface area contributed by atoms with Gasteiger partial charge in [-0.2, -0.15) is 4.57 Å². The lowest BCUT2D eigenvalue weighted by Crippen LogP contribution is -2.34. The smallest absolute Gasteiger partial charge is 0.207 e. The number of para-hydroxylation sites is 1. The van der Waals surface area contributed by atoms with Crippen LogP contribution >= 0.6 is 0 Å². The van der Waals surface area contributed by atoms with E-state index in [0.717, 1.165) is 11.1 Å². The first kappa shape index (κ1) is 10.9.